The third-order valence-electron chi connectivity index (χ3n) is 2.80. The molecule has 0 bridgehead atoms. The van der Waals surface area contributed by atoms with E-state index >= 15 is 0 Å². The molecule has 1 aromatic heterocycles. The number of aryl methyl sites for hydroxylation is 1. The number of pyridine rings is 1. The molecule has 0 aliphatic carbocycles. The second-order valence-electron chi connectivity index (χ2n) is 4.25. The number of carbonyl (C=O) groups is 1. The minimum Gasteiger partial charge on any atom is -0.399 e. The van der Waals surface area contributed by atoms with Gasteiger partial charge in [-0.1, -0.05) is 6.07 Å². The minimum absolute atomic E-state index is 0.0503. The predicted octanol–water partition coefficient (Wildman–Crippen LogP) is 2.39. The highest BCUT2D eigenvalue weighted by Crippen LogP contribution is 2.20. The molecule has 1 heterocycles. The predicted molar refractivity (Wildman–Crippen MR) is 72.5 cm³/mol. The third-order valence-corrected chi connectivity index (χ3v) is 2.80. The van der Waals surface area contributed by atoms with Gasteiger partial charge in [-0.25, -0.2) is 9.37 Å². The molecule has 1 amide bonds. The van der Waals surface area contributed by atoms with Crippen molar-refractivity contribution < 1.29 is 9.18 Å². The lowest BCUT2D eigenvalue weighted by Crippen LogP contribution is -2.28. The zero-order valence-electron chi connectivity index (χ0n) is 10.7. The molecule has 0 spiro atoms. The van der Waals surface area contributed by atoms with Crippen LogP contribution in [0.5, 0.6) is 0 Å². The van der Waals surface area contributed by atoms with E-state index in [1.54, 1.807) is 38.4 Å². The molecule has 2 rings (SSSR count). The molecule has 19 heavy (non-hydrogen) atoms. The molecule has 2 N–H and O–H groups in total. The lowest BCUT2D eigenvalue weighted by molar-refractivity contribution is 0.0988. The number of hydrogen-bond acceptors (Lipinski definition) is 3. The maximum absolute atomic E-state index is 14.0. The number of aromatic nitrogens is 1. The molecule has 1 aromatic carbocycles. The lowest BCUT2D eigenvalue weighted by Gasteiger charge is -2.17. The van der Waals surface area contributed by atoms with Crippen molar-refractivity contribution in [3.05, 3.63) is 53.5 Å². The summed E-state index contributed by atoms with van der Waals surface area (Å²) in [6.45, 7) is 1.57. The minimum atomic E-state index is -0.554. The SMILES string of the molecule is Cc1cc(N)cc(C(=O)N(C)c2ccccn2)c1F. The van der Waals surface area contributed by atoms with Crippen molar-refractivity contribution in [2.75, 3.05) is 17.7 Å². The second kappa shape index (κ2) is 5.06. The van der Waals surface area contributed by atoms with E-state index in [1.807, 2.05) is 0 Å². The molecule has 98 valence electrons. The summed E-state index contributed by atoms with van der Waals surface area (Å²) >= 11 is 0. The highest BCUT2D eigenvalue weighted by molar-refractivity contribution is 6.06. The lowest BCUT2D eigenvalue weighted by atomic mass is 10.1. The number of anilines is 2. The maximum atomic E-state index is 14.0. The molecule has 0 radical (unpaired) electrons. The van der Waals surface area contributed by atoms with E-state index < -0.39 is 11.7 Å². The zero-order valence-corrected chi connectivity index (χ0v) is 10.7. The van der Waals surface area contributed by atoms with Crippen LogP contribution >= 0.6 is 0 Å². The Morgan fingerprint density at radius 1 is 1.37 bits per heavy atom. The Morgan fingerprint density at radius 3 is 2.74 bits per heavy atom. The molecule has 0 saturated carbocycles. The van der Waals surface area contributed by atoms with Crippen LogP contribution in [0.25, 0.3) is 0 Å². The first kappa shape index (κ1) is 13.0. The summed E-state index contributed by atoms with van der Waals surface area (Å²) in [6, 6.07) is 8.01. The largest absolute Gasteiger partial charge is 0.399 e. The van der Waals surface area contributed by atoms with Gasteiger partial charge >= 0.3 is 0 Å². The number of nitrogens with zero attached hydrogens (tertiary/aromatic N) is 2. The van der Waals surface area contributed by atoms with Gasteiger partial charge in [-0.15, -0.1) is 0 Å². The van der Waals surface area contributed by atoms with E-state index in [2.05, 4.69) is 4.98 Å². The normalized spacial score (nSPS) is 10.3. The van der Waals surface area contributed by atoms with Crippen LogP contribution in [0, 0.1) is 12.7 Å². The van der Waals surface area contributed by atoms with E-state index in [0.29, 0.717) is 17.1 Å². The van der Waals surface area contributed by atoms with Gasteiger partial charge in [0.05, 0.1) is 5.56 Å². The van der Waals surface area contributed by atoms with E-state index in [1.165, 1.54) is 17.0 Å². The van der Waals surface area contributed by atoms with Gasteiger partial charge in [-0.05, 0) is 36.8 Å². The first-order chi connectivity index (χ1) is 9.00. The third kappa shape index (κ3) is 2.54. The number of halogens is 1. The second-order valence-corrected chi connectivity index (χ2v) is 4.25. The Balaban J connectivity index is 2.40. The summed E-state index contributed by atoms with van der Waals surface area (Å²) in [5.41, 5.74) is 6.30. The van der Waals surface area contributed by atoms with Crippen molar-refractivity contribution in [3.63, 3.8) is 0 Å². The summed E-state index contributed by atoms with van der Waals surface area (Å²) in [4.78, 5) is 17.6. The number of benzene rings is 1. The number of carbonyl (C=O) groups excluding carboxylic acids is 1. The fraction of sp³-hybridized carbons (Fsp3) is 0.143. The van der Waals surface area contributed by atoms with Gasteiger partial charge in [0.25, 0.3) is 5.91 Å². The topological polar surface area (TPSA) is 59.2 Å². The average molecular weight is 259 g/mol. The molecule has 0 atom stereocenters. The summed E-state index contributed by atoms with van der Waals surface area (Å²) < 4.78 is 14.0. The Labute approximate surface area is 110 Å². The van der Waals surface area contributed by atoms with Gasteiger partial charge in [0.15, 0.2) is 0 Å². The quantitative estimate of drug-likeness (QED) is 0.842. The molecule has 0 unspecified atom stereocenters. The van der Waals surface area contributed by atoms with Crippen molar-refractivity contribution in [1.82, 2.24) is 4.98 Å². The monoisotopic (exact) mass is 259 g/mol. The van der Waals surface area contributed by atoms with Gasteiger partial charge in [0, 0.05) is 18.9 Å². The summed E-state index contributed by atoms with van der Waals surface area (Å²) in [5.74, 6) is -0.583. The number of rotatable bonds is 2. The summed E-state index contributed by atoms with van der Waals surface area (Å²) in [6.07, 6.45) is 1.57. The van der Waals surface area contributed by atoms with Crippen LogP contribution in [0.1, 0.15) is 15.9 Å². The average Bonchev–Trinajstić information content (AvgIpc) is 2.42. The molecule has 0 fully saturated rings. The van der Waals surface area contributed by atoms with Crippen LogP contribution < -0.4 is 10.6 Å². The summed E-state index contributed by atoms with van der Waals surface area (Å²) in [7, 11) is 1.54. The molecular weight excluding hydrogens is 245 g/mol. The van der Waals surface area contributed by atoms with Crippen molar-refractivity contribution in [1.29, 1.82) is 0 Å². The molecule has 5 heteroatoms. The van der Waals surface area contributed by atoms with Crippen LogP contribution in [0.4, 0.5) is 15.9 Å². The van der Waals surface area contributed by atoms with Gasteiger partial charge in [0.2, 0.25) is 0 Å². The van der Waals surface area contributed by atoms with E-state index in [-0.39, 0.29) is 5.56 Å². The van der Waals surface area contributed by atoms with Gasteiger partial charge in [-0.2, -0.15) is 0 Å². The zero-order chi connectivity index (χ0) is 14.0. The van der Waals surface area contributed by atoms with Crippen LogP contribution in [0.15, 0.2) is 36.5 Å². The van der Waals surface area contributed by atoms with Gasteiger partial charge in [0.1, 0.15) is 11.6 Å². The molecule has 4 nitrogen and oxygen atoms in total. The number of nitrogens with two attached hydrogens (primary N) is 1. The van der Waals surface area contributed by atoms with Gasteiger partial charge < -0.3 is 5.73 Å². The highest BCUT2D eigenvalue weighted by Gasteiger charge is 2.19. The Morgan fingerprint density at radius 2 is 2.11 bits per heavy atom. The number of nitrogen functional groups attached to an aromatic ring is 1. The van der Waals surface area contributed by atoms with Crippen molar-refractivity contribution in [2.45, 2.75) is 6.92 Å². The Hall–Kier alpha value is -2.43. The molecule has 0 aliphatic heterocycles. The smallest absolute Gasteiger partial charge is 0.262 e. The number of hydrogen-bond donors (Lipinski definition) is 1. The van der Waals surface area contributed by atoms with Crippen molar-refractivity contribution in [2.24, 2.45) is 0 Å². The van der Waals surface area contributed by atoms with Crippen LogP contribution in [0.2, 0.25) is 0 Å². The molecule has 2 aromatic rings. The fourth-order valence-electron chi connectivity index (χ4n) is 1.79. The maximum Gasteiger partial charge on any atom is 0.262 e. The van der Waals surface area contributed by atoms with Crippen LogP contribution in [0.3, 0.4) is 0 Å². The number of amides is 1. The standard InChI is InChI=1S/C14H14FN3O/c1-9-7-10(16)8-11(13(9)15)14(19)18(2)12-5-3-4-6-17-12/h3-8H,16H2,1-2H3. The first-order valence-corrected chi connectivity index (χ1v) is 5.75. The Kier molecular flexibility index (Phi) is 3.46. The van der Waals surface area contributed by atoms with Crippen LogP contribution in [-0.4, -0.2) is 17.9 Å². The molecular formula is C14H14FN3O. The molecule has 0 saturated heterocycles. The molecule has 0 aliphatic rings. The van der Waals surface area contributed by atoms with E-state index in [0.717, 1.165) is 0 Å². The fourth-order valence-corrected chi connectivity index (χ4v) is 1.79. The highest BCUT2D eigenvalue weighted by atomic mass is 19.1. The van der Waals surface area contributed by atoms with Crippen molar-refractivity contribution in [3.8, 4) is 0 Å². The van der Waals surface area contributed by atoms with Crippen LogP contribution in [-0.2, 0) is 0 Å². The first-order valence-electron chi connectivity index (χ1n) is 5.75. The Bertz CT molecular complexity index is 614. The van der Waals surface area contributed by atoms with Gasteiger partial charge in [-0.3, -0.25) is 9.69 Å². The summed E-state index contributed by atoms with van der Waals surface area (Å²) in [5, 5.41) is 0. The van der Waals surface area contributed by atoms with E-state index in [9.17, 15) is 9.18 Å². The van der Waals surface area contributed by atoms with Crippen molar-refractivity contribution >= 4 is 17.4 Å². The van der Waals surface area contributed by atoms with E-state index in [4.69, 9.17) is 5.73 Å².